The van der Waals surface area contributed by atoms with E-state index in [1.165, 1.54) is 4.90 Å². The fourth-order valence-corrected chi connectivity index (χ4v) is 3.01. The Balaban J connectivity index is 1.74. The first kappa shape index (κ1) is 16.7. The number of allylic oxidation sites excluding steroid dienone is 2. The molecule has 3 amide bonds. The number of amides is 3. The summed E-state index contributed by atoms with van der Waals surface area (Å²) in [6.45, 7) is 1.73. The maximum Gasteiger partial charge on any atom is 0.233 e. The summed E-state index contributed by atoms with van der Waals surface area (Å²) in [5, 5.41) is 2.83. The molecule has 2 atom stereocenters. The van der Waals surface area contributed by atoms with Crippen LogP contribution in [0.4, 0.5) is 0 Å². The molecule has 0 saturated carbocycles. The van der Waals surface area contributed by atoms with Gasteiger partial charge in [0.25, 0.3) is 0 Å². The van der Waals surface area contributed by atoms with Crippen LogP contribution in [0, 0.1) is 11.8 Å². The van der Waals surface area contributed by atoms with Crippen molar-refractivity contribution in [3.05, 3.63) is 12.2 Å². The van der Waals surface area contributed by atoms with Crippen LogP contribution < -0.4 is 5.32 Å². The van der Waals surface area contributed by atoms with Crippen LogP contribution in [0.15, 0.2) is 12.2 Å². The van der Waals surface area contributed by atoms with E-state index in [0.29, 0.717) is 19.4 Å². The fourth-order valence-electron chi connectivity index (χ4n) is 3.01. The second-order valence-electron chi connectivity index (χ2n) is 6.24. The van der Waals surface area contributed by atoms with Gasteiger partial charge < -0.3 is 10.2 Å². The molecule has 1 N–H and O–H groups in total. The van der Waals surface area contributed by atoms with Gasteiger partial charge in [0, 0.05) is 19.5 Å². The molecule has 0 spiro atoms. The van der Waals surface area contributed by atoms with E-state index >= 15 is 0 Å². The molecule has 0 radical (unpaired) electrons. The zero-order valence-electron chi connectivity index (χ0n) is 13.4. The normalized spacial score (nSPS) is 24.0. The highest BCUT2D eigenvalue weighted by atomic mass is 16.2. The second-order valence-corrected chi connectivity index (χ2v) is 6.24. The Labute approximate surface area is 131 Å². The van der Waals surface area contributed by atoms with E-state index in [-0.39, 0.29) is 42.5 Å². The second kappa shape index (κ2) is 7.54. The van der Waals surface area contributed by atoms with Crippen LogP contribution in [-0.4, -0.2) is 61.3 Å². The first-order valence-electron chi connectivity index (χ1n) is 7.92. The third-order valence-electron chi connectivity index (χ3n) is 4.27. The summed E-state index contributed by atoms with van der Waals surface area (Å²) >= 11 is 0. The van der Waals surface area contributed by atoms with E-state index in [1.807, 2.05) is 26.2 Å². The number of hydrogen-bond acceptors (Lipinski definition) is 4. The fraction of sp³-hybridized carbons (Fsp3) is 0.688. The third kappa shape index (κ3) is 3.94. The maximum absolute atomic E-state index is 12.2. The Hall–Kier alpha value is -1.69. The van der Waals surface area contributed by atoms with Gasteiger partial charge in [-0.15, -0.1) is 0 Å². The molecule has 1 aliphatic carbocycles. The number of rotatable bonds is 7. The lowest BCUT2D eigenvalue weighted by molar-refractivity contribution is -0.140. The number of fused-ring (bicyclic) bond motifs is 1. The Bertz CT molecular complexity index is 447. The van der Waals surface area contributed by atoms with Gasteiger partial charge in [-0.1, -0.05) is 12.2 Å². The van der Waals surface area contributed by atoms with E-state index < -0.39 is 0 Å². The van der Waals surface area contributed by atoms with Gasteiger partial charge >= 0.3 is 0 Å². The van der Waals surface area contributed by atoms with E-state index in [9.17, 15) is 14.4 Å². The molecule has 1 fully saturated rings. The molecule has 1 aliphatic heterocycles. The van der Waals surface area contributed by atoms with Gasteiger partial charge in [-0.3, -0.25) is 19.3 Å². The lowest BCUT2D eigenvalue weighted by Crippen LogP contribution is -2.36. The van der Waals surface area contributed by atoms with Gasteiger partial charge in [-0.05, 0) is 39.9 Å². The SMILES string of the molecule is CN(C)CCCNC(=O)CCN1C(=O)[C@H]2CC=CC[C@H]2C1=O. The molecule has 122 valence electrons. The molecule has 0 aromatic carbocycles. The maximum atomic E-state index is 12.2. The Morgan fingerprint density at radius 1 is 1.23 bits per heavy atom. The van der Waals surface area contributed by atoms with Crippen molar-refractivity contribution in [2.24, 2.45) is 11.8 Å². The zero-order valence-corrected chi connectivity index (χ0v) is 13.4. The molecule has 22 heavy (non-hydrogen) atoms. The number of nitrogens with one attached hydrogen (secondary N) is 1. The Morgan fingerprint density at radius 2 is 1.82 bits per heavy atom. The number of likely N-dealkylation sites (tertiary alicyclic amines) is 1. The summed E-state index contributed by atoms with van der Waals surface area (Å²) in [6.07, 6.45) is 6.29. The molecule has 0 aromatic heterocycles. The molecule has 6 nitrogen and oxygen atoms in total. The molecule has 0 aromatic rings. The molecule has 6 heteroatoms. The van der Waals surface area contributed by atoms with E-state index in [2.05, 4.69) is 10.2 Å². The number of nitrogens with zero attached hydrogens (tertiary/aromatic N) is 2. The molecule has 1 saturated heterocycles. The first-order valence-corrected chi connectivity index (χ1v) is 7.92. The smallest absolute Gasteiger partial charge is 0.233 e. The van der Waals surface area contributed by atoms with Gasteiger partial charge in [0.1, 0.15) is 0 Å². The van der Waals surface area contributed by atoms with Crippen molar-refractivity contribution in [3.63, 3.8) is 0 Å². The van der Waals surface area contributed by atoms with Crippen LogP contribution in [0.2, 0.25) is 0 Å². The minimum absolute atomic E-state index is 0.104. The highest BCUT2D eigenvalue weighted by Gasteiger charge is 2.46. The summed E-state index contributed by atoms with van der Waals surface area (Å²) < 4.78 is 0. The van der Waals surface area contributed by atoms with Crippen LogP contribution in [-0.2, 0) is 14.4 Å². The minimum Gasteiger partial charge on any atom is -0.356 e. The van der Waals surface area contributed by atoms with Crippen molar-refractivity contribution >= 4 is 17.7 Å². The highest BCUT2D eigenvalue weighted by Crippen LogP contribution is 2.34. The van der Waals surface area contributed by atoms with Crippen molar-refractivity contribution < 1.29 is 14.4 Å². The lowest BCUT2D eigenvalue weighted by atomic mass is 9.85. The lowest BCUT2D eigenvalue weighted by Gasteiger charge is -2.14. The molecule has 2 aliphatic rings. The van der Waals surface area contributed by atoms with Gasteiger partial charge in [0.15, 0.2) is 0 Å². The van der Waals surface area contributed by atoms with Crippen molar-refractivity contribution in [1.82, 2.24) is 15.1 Å². The van der Waals surface area contributed by atoms with Crippen molar-refractivity contribution in [2.45, 2.75) is 25.7 Å². The predicted octanol–water partition coefficient (Wildman–Crippen LogP) is 0.396. The average Bonchev–Trinajstić information content (AvgIpc) is 2.74. The van der Waals surface area contributed by atoms with Crippen molar-refractivity contribution in [3.8, 4) is 0 Å². The van der Waals surface area contributed by atoms with Gasteiger partial charge in [-0.25, -0.2) is 0 Å². The van der Waals surface area contributed by atoms with Crippen molar-refractivity contribution in [1.29, 1.82) is 0 Å². The molecule has 1 heterocycles. The molecular formula is C16H25N3O3. The molecule has 0 bridgehead atoms. The monoisotopic (exact) mass is 307 g/mol. The topological polar surface area (TPSA) is 69.7 Å². The van der Waals surface area contributed by atoms with E-state index in [1.54, 1.807) is 0 Å². The predicted molar refractivity (Wildman–Crippen MR) is 82.9 cm³/mol. The molecule has 2 rings (SSSR count). The van der Waals surface area contributed by atoms with Crippen LogP contribution >= 0.6 is 0 Å². The summed E-state index contributed by atoms with van der Waals surface area (Å²) in [7, 11) is 3.97. The number of carbonyl (C=O) groups excluding carboxylic acids is 3. The van der Waals surface area contributed by atoms with Crippen LogP contribution in [0.25, 0.3) is 0 Å². The highest BCUT2D eigenvalue weighted by molar-refractivity contribution is 6.05. The van der Waals surface area contributed by atoms with Crippen LogP contribution in [0.5, 0.6) is 0 Å². The van der Waals surface area contributed by atoms with E-state index in [0.717, 1.165) is 13.0 Å². The van der Waals surface area contributed by atoms with E-state index in [4.69, 9.17) is 0 Å². The minimum atomic E-state index is -0.208. The largest absolute Gasteiger partial charge is 0.356 e. The first-order chi connectivity index (χ1) is 10.5. The summed E-state index contributed by atoms with van der Waals surface area (Å²) in [6, 6.07) is 0. The number of imide groups is 1. The number of hydrogen-bond donors (Lipinski definition) is 1. The quantitative estimate of drug-likeness (QED) is 0.420. The molecule has 0 unspecified atom stereocenters. The Morgan fingerprint density at radius 3 is 2.36 bits per heavy atom. The number of carbonyl (C=O) groups is 3. The third-order valence-corrected chi connectivity index (χ3v) is 4.27. The Kier molecular flexibility index (Phi) is 5.71. The summed E-state index contributed by atoms with van der Waals surface area (Å²) in [4.78, 5) is 39.6. The summed E-state index contributed by atoms with van der Waals surface area (Å²) in [5.41, 5.74) is 0. The van der Waals surface area contributed by atoms with Crippen LogP contribution in [0.3, 0.4) is 0 Å². The van der Waals surface area contributed by atoms with Gasteiger partial charge in [0.2, 0.25) is 17.7 Å². The summed E-state index contributed by atoms with van der Waals surface area (Å²) in [5.74, 6) is -0.742. The zero-order chi connectivity index (χ0) is 16.1. The molecular weight excluding hydrogens is 282 g/mol. The standard InChI is InChI=1S/C16H25N3O3/c1-18(2)10-5-9-17-14(20)8-11-19-15(21)12-6-3-4-7-13(12)16(19)22/h3-4,12-13H,5-11H2,1-2H3,(H,17,20)/t12-,13+. The van der Waals surface area contributed by atoms with Gasteiger partial charge in [-0.2, -0.15) is 0 Å². The van der Waals surface area contributed by atoms with Gasteiger partial charge in [0.05, 0.1) is 11.8 Å². The van der Waals surface area contributed by atoms with Crippen molar-refractivity contribution in [2.75, 3.05) is 33.7 Å². The average molecular weight is 307 g/mol. The van der Waals surface area contributed by atoms with Crippen LogP contribution in [0.1, 0.15) is 25.7 Å².